The number of aromatic nitrogens is 2. The second-order valence-corrected chi connectivity index (χ2v) is 10.7. The van der Waals surface area contributed by atoms with E-state index in [1.54, 1.807) is 10.4 Å². The average Bonchev–Trinajstić information content (AvgIpc) is 3.20. The number of thiophene rings is 1. The third kappa shape index (κ3) is 5.63. The van der Waals surface area contributed by atoms with Crippen LogP contribution in [0.4, 0.5) is 5.82 Å². The smallest absolute Gasteiger partial charge is 0.141 e. The molecule has 1 fully saturated rings. The largest absolute Gasteiger partial charge is 0.353 e. The molecule has 3 heterocycles. The maximum absolute atomic E-state index is 5.19. The number of nitrogens with zero attached hydrogens (tertiary/aromatic N) is 5. The third-order valence-electron chi connectivity index (χ3n) is 7.08. The summed E-state index contributed by atoms with van der Waals surface area (Å²) in [5, 5.41) is 1.40. The van der Waals surface area contributed by atoms with E-state index >= 15 is 0 Å². The molecule has 5 nitrogen and oxygen atoms in total. The molecule has 6 heteroatoms. The van der Waals surface area contributed by atoms with Gasteiger partial charge in [0.05, 0.1) is 5.39 Å². The number of unbranched alkanes of at least 4 members (excludes halogenated alkanes) is 1. The van der Waals surface area contributed by atoms with Gasteiger partial charge in [0.15, 0.2) is 0 Å². The molecular formula is C26H43N5S. The van der Waals surface area contributed by atoms with Crippen LogP contribution < -0.4 is 4.90 Å². The number of rotatable bonds is 11. The van der Waals surface area contributed by atoms with Gasteiger partial charge in [-0.2, -0.15) is 0 Å². The maximum Gasteiger partial charge on any atom is 0.141 e. The minimum atomic E-state index is 1.01. The summed E-state index contributed by atoms with van der Waals surface area (Å²) in [4.78, 5) is 20.9. The molecule has 0 unspecified atom stereocenters. The summed E-state index contributed by atoms with van der Waals surface area (Å²) in [6.07, 6.45) is 11.0. The minimum Gasteiger partial charge on any atom is -0.353 e. The van der Waals surface area contributed by atoms with E-state index in [0.717, 1.165) is 38.4 Å². The van der Waals surface area contributed by atoms with Crippen molar-refractivity contribution < 1.29 is 0 Å². The van der Waals surface area contributed by atoms with Crippen LogP contribution in [0.1, 0.15) is 75.6 Å². The van der Waals surface area contributed by atoms with E-state index in [4.69, 9.17) is 9.97 Å². The van der Waals surface area contributed by atoms with Crippen LogP contribution in [-0.4, -0.2) is 72.1 Å². The molecule has 2 aromatic heterocycles. The predicted molar refractivity (Wildman–Crippen MR) is 138 cm³/mol. The van der Waals surface area contributed by atoms with Gasteiger partial charge in [0, 0.05) is 50.6 Å². The first kappa shape index (κ1) is 23.9. The second-order valence-electron chi connectivity index (χ2n) is 9.63. The molecule has 0 amide bonds. The number of hydrogen-bond donors (Lipinski definition) is 0. The Bertz CT molecular complexity index is 850. The van der Waals surface area contributed by atoms with Gasteiger partial charge in [-0.1, -0.05) is 27.2 Å². The molecule has 0 saturated carbocycles. The Balaban J connectivity index is 1.48. The Labute approximate surface area is 199 Å². The van der Waals surface area contributed by atoms with Crippen molar-refractivity contribution in [3.05, 3.63) is 16.3 Å². The maximum atomic E-state index is 5.19. The van der Waals surface area contributed by atoms with Gasteiger partial charge in [0.25, 0.3) is 0 Å². The van der Waals surface area contributed by atoms with Crippen LogP contribution in [0.3, 0.4) is 0 Å². The SMILES string of the molecule is CCCCc1nc(N2CCN(CCN(CCC)CCC)CC2)c2c3c(sc2n1)CCCC3. The standard InChI is InChI=1S/C26H43N5S/c1-4-7-12-23-27-25(24-21-10-8-9-11-22(21)32-26(24)28-23)31-19-17-30(18-20-31)16-15-29(13-5-2)14-6-3/h4-20H2,1-3H3. The van der Waals surface area contributed by atoms with Crippen molar-refractivity contribution >= 4 is 27.4 Å². The van der Waals surface area contributed by atoms with Crippen molar-refractivity contribution in [2.24, 2.45) is 0 Å². The summed E-state index contributed by atoms with van der Waals surface area (Å²) < 4.78 is 0. The van der Waals surface area contributed by atoms with Gasteiger partial charge >= 0.3 is 0 Å². The zero-order valence-corrected chi connectivity index (χ0v) is 21.5. The lowest BCUT2D eigenvalue weighted by atomic mass is 9.97. The Morgan fingerprint density at radius 3 is 2.34 bits per heavy atom. The van der Waals surface area contributed by atoms with Crippen LogP contribution in [0.5, 0.6) is 0 Å². The number of piperazine rings is 1. The van der Waals surface area contributed by atoms with E-state index in [1.165, 1.54) is 93.6 Å². The molecule has 0 bridgehead atoms. The van der Waals surface area contributed by atoms with E-state index < -0.39 is 0 Å². The van der Waals surface area contributed by atoms with Crippen molar-refractivity contribution in [2.75, 3.05) is 57.3 Å². The van der Waals surface area contributed by atoms with Gasteiger partial charge in [-0.25, -0.2) is 9.97 Å². The van der Waals surface area contributed by atoms with Crippen LogP contribution in [0.15, 0.2) is 0 Å². The molecule has 1 aliphatic heterocycles. The van der Waals surface area contributed by atoms with Gasteiger partial charge in [0.2, 0.25) is 0 Å². The van der Waals surface area contributed by atoms with E-state index in [9.17, 15) is 0 Å². The molecule has 1 aliphatic carbocycles. The quantitative estimate of drug-likeness (QED) is 0.466. The Kier molecular flexibility index (Phi) is 8.78. The highest BCUT2D eigenvalue weighted by molar-refractivity contribution is 7.19. The van der Waals surface area contributed by atoms with Crippen molar-refractivity contribution in [1.82, 2.24) is 19.8 Å². The predicted octanol–water partition coefficient (Wildman–Crippen LogP) is 5.16. The van der Waals surface area contributed by atoms with Crippen LogP contribution >= 0.6 is 11.3 Å². The first-order valence-electron chi connectivity index (χ1n) is 13.2. The molecule has 0 spiro atoms. The molecule has 2 aromatic rings. The van der Waals surface area contributed by atoms with Crippen LogP contribution in [0, 0.1) is 0 Å². The Morgan fingerprint density at radius 1 is 0.875 bits per heavy atom. The summed E-state index contributed by atoms with van der Waals surface area (Å²) >= 11 is 1.95. The average molecular weight is 458 g/mol. The van der Waals surface area contributed by atoms with Gasteiger partial charge < -0.3 is 9.80 Å². The molecule has 178 valence electrons. The fraction of sp³-hybridized carbons (Fsp3) is 0.769. The summed E-state index contributed by atoms with van der Waals surface area (Å²) in [7, 11) is 0. The summed E-state index contributed by atoms with van der Waals surface area (Å²) in [6.45, 7) is 16.2. The zero-order chi connectivity index (χ0) is 22.3. The topological polar surface area (TPSA) is 35.5 Å². The molecule has 4 rings (SSSR count). The van der Waals surface area contributed by atoms with Gasteiger partial charge in [-0.3, -0.25) is 4.90 Å². The van der Waals surface area contributed by atoms with Crippen molar-refractivity contribution in [3.8, 4) is 0 Å². The number of aryl methyl sites for hydroxylation is 3. The first-order chi connectivity index (χ1) is 15.7. The van der Waals surface area contributed by atoms with E-state index in [1.807, 2.05) is 11.3 Å². The fourth-order valence-corrected chi connectivity index (χ4v) is 6.57. The highest BCUT2D eigenvalue weighted by Gasteiger charge is 2.26. The van der Waals surface area contributed by atoms with Crippen molar-refractivity contribution in [2.45, 2.75) is 78.6 Å². The third-order valence-corrected chi connectivity index (χ3v) is 8.27. The van der Waals surface area contributed by atoms with Crippen LogP contribution in [-0.2, 0) is 19.3 Å². The van der Waals surface area contributed by atoms with E-state index in [-0.39, 0.29) is 0 Å². The molecule has 0 aromatic carbocycles. The summed E-state index contributed by atoms with van der Waals surface area (Å²) in [5.41, 5.74) is 1.57. The summed E-state index contributed by atoms with van der Waals surface area (Å²) in [6, 6.07) is 0. The lowest BCUT2D eigenvalue weighted by Crippen LogP contribution is -2.49. The van der Waals surface area contributed by atoms with Crippen LogP contribution in [0.25, 0.3) is 10.2 Å². The van der Waals surface area contributed by atoms with Crippen molar-refractivity contribution in [3.63, 3.8) is 0 Å². The lowest BCUT2D eigenvalue weighted by Gasteiger charge is -2.37. The van der Waals surface area contributed by atoms with Gasteiger partial charge in [-0.05, 0) is 63.6 Å². The van der Waals surface area contributed by atoms with E-state index in [2.05, 4.69) is 35.5 Å². The highest BCUT2D eigenvalue weighted by Crippen LogP contribution is 2.40. The van der Waals surface area contributed by atoms with Gasteiger partial charge in [0.1, 0.15) is 16.5 Å². The number of anilines is 1. The Morgan fingerprint density at radius 2 is 1.62 bits per heavy atom. The molecule has 32 heavy (non-hydrogen) atoms. The van der Waals surface area contributed by atoms with Crippen molar-refractivity contribution in [1.29, 1.82) is 0 Å². The first-order valence-corrected chi connectivity index (χ1v) is 14.1. The summed E-state index contributed by atoms with van der Waals surface area (Å²) in [5.74, 6) is 2.31. The molecule has 2 aliphatic rings. The monoisotopic (exact) mass is 457 g/mol. The normalized spacial score (nSPS) is 17.4. The molecule has 0 N–H and O–H groups in total. The van der Waals surface area contributed by atoms with E-state index in [0.29, 0.717) is 0 Å². The fourth-order valence-electron chi connectivity index (χ4n) is 5.29. The number of fused-ring (bicyclic) bond motifs is 3. The molecule has 0 radical (unpaired) electrons. The molecule has 1 saturated heterocycles. The second kappa shape index (κ2) is 11.8. The van der Waals surface area contributed by atoms with Gasteiger partial charge in [-0.15, -0.1) is 11.3 Å². The Hall–Kier alpha value is -1.24. The minimum absolute atomic E-state index is 1.01. The highest BCUT2D eigenvalue weighted by atomic mass is 32.1. The lowest BCUT2D eigenvalue weighted by molar-refractivity contribution is 0.196. The number of hydrogen-bond acceptors (Lipinski definition) is 6. The zero-order valence-electron chi connectivity index (χ0n) is 20.7. The van der Waals surface area contributed by atoms with Crippen LogP contribution in [0.2, 0.25) is 0 Å². The molecule has 0 atom stereocenters. The molecular weight excluding hydrogens is 414 g/mol.